The van der Waals surface area contributed by atoms with Gasteiger partial charge in [-0.25, -0.2) is 0 Å². The maximum atomic E-state index is 2.39. The lowest BCUT2D eigenvalue weighted by Crippen LogP contribution is -1.92. The van der Waals surface area contributed by atoms with Crippen molar-refractivity contribution in [3.63, 3.8) is 0 Å². The fourth-order valence-corrected chi connectivity index (χ4v) is 9.22. The van der Waals surface area contributed by atoms with Crippen LogP contribution in [0, 0.1) is 0 Å². The van der Waals surface area contributed by atoms with Gasteiger partial charge >= 0.3 is 0 Å². The Kier molecular flexibility index (Phi) is 9.81. The molecule has 0 aliphatic rings. The van der Waals surface area contributed by atoms with E-state index in [0.717, 1.165) is 0 Å². The van der Waals surface area contributed by atoms with Gasteiger partial charge in [-0.2, -0.15) is 0 Å². The van der Waals surface area contributed by atoms with Gasteiger partial charge in [-0.05, 0) is 128 Å². The van der Waals surface area contributed by atoms with Crippen LogP contribution in [0.4, 0.5) is 0 Å². The summed E-state index contributed by atoms with van der Waals surface area (Å²) in [5.41, 5.74) is 12.4. The molecule has 0 fully saturated rings. The van der Waals surface area contributed by atoms with Crippen molar-refractivity contribution in [1.82, 2.24) is 0 Å². The molecule has 0 aliphatic carbocycles. The van der Waals surface area contributed by atoms with E-state index in [2.05, 4.69) is 231 Å². The molecule has 0 saturated carbocycles. The lowest BCUT2D eigenvalue weighted by Gasteiger charge is -2.19. The van der Waals surface area contributed by atoms with Gasteiger partial charge in [0.05, 0.1) is 0 Å². The third-order valence-corrected chi connectivity index (χ3v) is 11.8. The van der Waals surface area contributed by atoms with E-state index in [4.69, 9.17) is 0 Å². The molecule has 0 N–H and O–H groups in total. The summed E-state index contributed by atoms with van der Waals surface area (Å²) in [5.74, 6) is 0. The van der Waals surface area contributed by atoms with Gasteiger partial charge in [0.2, 0.25) is 0 Å². The van der Waals surface area contributed by atoms with E-state index >= 15 is 0 Å². The van der Waals surface area contributed by atoms with Crippen molar-refractivity contribution in [2.45, 2.75) is 13.8 Å². The SMILES string of the molecule is C(=C\c1cccc(-c2c3ccccc3c(-c3ccc4cc(-c5c6ccccc6c(-c6ccccc6)c6ccccc56)ccc4c3)c3ccccc23)c1)/c1ccccc1.CC. The predicted molar refractivity (Wildman–Crippen MR) is 262 cm³/mol. The molecule has 0 radical (unpaired) electrons. The Bertz CT molecular complexity index is 3260. The minimum Gasteiger partial charge on any atom is -0.0683 e. The fourth-order valence-electron chi connectivity index (χ4n) is 9.22. The molecule has 0 atom stereocenters. The molecule has 0 bridgehead atoms. The first-order chi connectivity index (χ1) is 29.8. The van der Waals surface area contributed by atoms with Gasteiger partial charge in [-0.1, -0.05) is 226 Å². The zero-order chi connectivity index (χ0) is 40.4. The number of benzene rings is 11. The van der Waals surface area contributed by atoms with Crippen molar-refractivity contribution in [3.05, 3.63) is 230 Å². The molecule has 0 heteroatoms. The number of fused-ring (bicyclic) bond motifs is 5. The highest BCUT2D eigenvalue weighted by atomic mass is 14.2. The first-order valence-corrected chi connectivity index (χ1v) is 21.1. The molecule has 0 spiro atoms. The van der Waals surface area contributed by atoms with Crippen molar-refractivity contribution in [2.75, 3.05) is 0 Å². The molecule has 11 aromatic rings. The summed E-state index contributed by atoms with van der Waals surface area (Å²) in [6.07, 6.45) is 4.40. The first kappa shape index (κ1) is 36.8. The Hall–Kier alpha value is -7.54. The number of hydrogen-bond donors (Lipinski definition) is 0. The van der Waals surface area contributed by atoms with Crippen molar-refractivity contribution < 1.29 is 0 Å². The summed E-state index contributed by atoms with van der Waals surface area (Å²) in [7, 11) is 0. The lowest BCUT2D eigenvalue weighted by atomic mass is 9.84. The highest BCUT2D eigenvalue weighted by Gasteiger charge is 2.19. The minimum atomic E-state index is 1.18. The second kappa shape index (κ2) is 16.0. The van der Waals surface area contributed by atoms with E-state index in [9.17, 15) is 0 Å². The Morgan fingerprint density at radius 1 is 0.233 bits per heavy atom. The summed E-state index contributed by atoms with van der Waals surface area (Å²) in [6.45, 7) is 4.00. The van der Waals surface area contributed by atoms with E-state index in [0.29, 0.717) is 0 Å². The largest absolute Gasteiger partial charge is 0.0683 e. The Balaban J connectivity index is 0.00000213. The van der Waals surface area contributed by atoms with Crippen LogP contribution in [0.25, 0.3) is 111 Å². The maximum absolute atomic E-state index is 2.39. The standard InChI is InChI=1S/C58H38.C2H6/c1-3-16-39(17-4-1)30-31-40-18-15-21-44(36-40)56-51-26-11-13-28-53(51)58(54-29-14-12-27-52(54)56)46-35-33-42-37-45(34-32-43(42)38-46)57-49-24-9-7-22-47(49)55(41-19-5-2-6-20-41)48-23-8-10-25-50(48)57;1-2/h1-38H;1-2H3/b31-30+;. The summed E-state index contributed by atoms with van der Waals surface area (Å²) in [6, 6.07) is 80.0. The molecule has 0 heterocycles. The van der Waals surface area contributed by atoms with Gasteiger partial charge in [0.25, 0.3) is 0 Å². The molecule has 0 nitrogen and oxygen atoms in total. The normalized spacial score (nSPS) is 11.4. The van der Waals surface area contributed by atoms with Crippen LogP contribution in [-0.2, 0) is 0 Å². The molecule has 0 unspecified atom stereocenters. The molecular weight excluding hydrogens is 721 g/mol. The third kappa shape index (κ3) is 6.53. The Morgan fingerprint density at radius 3 is 0.950 bits per heavy atom. The third-order valence-electron chi connectivity index (χ3n) is 11.8. The van der Waals surface area contributed by atoms with Crippen LogP contribution in [0.1, 0.15) is 25.0 Å². The molecule has 0 saturated heterocycles. The highest BCUT2D eigenvalue weighted by molar-refractivity contribution is 6.23. The van der Waals surface area contributed by atoms with Crippen LogP contribution < -0.4 is 0 Å². The van der Waals surface area contributed by atoms with Crippen molar-refractivity contribution in [2.24, 2.45) is 0 Å². The first-order valence-electron chi connectivity index (χ1n) is 21.1. The fraction of sp³-hybridized carbons (Fsp3) is 0.0333. The zero-order valence-electron chi connectivity index (χ0n) is 33.9. The predicted octanol–water partition coefficient (Wildman–Crippen LogP) is 17.3. The van der Waals surface area contributed by atoms with Crippen LogP contribution in [0.15, 0.2) is 218 Å². The van der Waals surface area contributed by atoms with Gasteiger partial charge in [-0.15, -0.1) is 0 Å². The van der Waals surface area contributed by atoms with Crippen molar-refractivity contribution in [1.29, 1.82) is 0 Å². The smallest absolute Gasteiger partial charge is 0.00262 e. The van der Waals surface area contributed by atoms with E-state index in [1.807, 2.05) is 13.8 Å². The van der Waals surface area contributed by atoms with Crippen LogP contribution in [0.5, 0.6) is 0 Å². The zero-order valence-corrected chi connectivity index (χ0v) is 33.9. The van der Waals surface area contributed by atoms with Gasteiger partial charge in [-0.3, -0.25) is 0 Å². The molecule has 0 aromatic heterocycles. The Morgan fingerprint density at radius 2 is 0.533 bits per heavy atom. The average molecular weight is 765 g/mol. The van der Waals surface area contributed by atoms with E-state index in [1.165, 1.54) is 109 Å². The van der Waals surface area contributed by atoms with Gasteiger partial charge in [0.15, 0.2) is 0 Å². The number of rotatable bonds is 6. The highest BCUT2D eigenvalue weighted by Crippen LogP contribution is 2.46. The molecular formula is C60H44. The van der Waals surface area contributed by atoms with Gasteiger partial charge in [0.1, 0.15) is 0 Å². The van der Waals surface area contributed by atoms with E-state index in [1.54, 1.807) is 0 Å². The number of hydrogen-bond acceptors (Lipinski definition) is 0. The van der Waals surface area contributed by atoms with Crippen LogP contribution in [0.2, 0.25) is 0 Å². The van der Waals surface area contributed by atoms with Gasteiger partial charge in [0, 0.05) is 0 Å². The van der Waals surface area contributed by atoms with E-state index in [-0.39, 0.29) is 0 Å². The van der Waals surface area contributed by atoms with Crippen LogP contribution in [-0.4, -0.2) is 0 Å². The summed E-state index contributed by atoms with van der Waals surface area (Å²) in [5, 5.41) is 12.6. The Labute approximate surface area is 352 Å². The summed E-state index contributed by atoms with van der Waals surface area (Å²) < 4.78 is 0. The minimum absolute atomic E-state index is 1.18. The molecule has 0 aliphatic heterocycles. The van der Waals surface area contributed by atoms with Gasteiger partial charge < -0.3 is 0 Å². The van der Waals surface area contributed by atoms with Crippen LogP contribution in [0.3, 0.4) is 0 Å². The summed E-state index contributed by atoms with van der Waals surface area (Å²) >= 11 is 0. The molecule has 11 rings (SSSR count). The van der Waals surface area contributed by atoms with E-state index < -0.39 is 0 Å². The quantitative estimate of drug-likeness (QED) is 0.117. The molecule has 60 heavy (non-hydrogen) atoms. The second-order valence-electron chi connectivity index (χ2n) is 15.2. The summed E-state index contributed by atoms with van der Waals surface area (Å²) in [4.78, 5) is 0. The average Bonchev–Trinajstić information content (AvgIpc) is 3.32. The van der Waals surface area contributed by atoms with Crippen molar-refractivity contribution >= 4 is 66.0 Å². The van der Waals surface area contributed by atoms with Crippen LogP contribution >= 0.6 is 0 Å². The molecule has 11 aromatic carbocycles. The second-order valence-corrected chi connectivity index (χ2v) is 15.2. The monoisotopic (exact) mass is 764 g/mol. The molecule has 0 amide bonds. The maximum Gasteiger partial charge on any atom is -0.00262 e. The topological polar surface area (TPSA) is 0 Å². The molecule has 284 valence electrons. The lowest BCUT2D eigenvalue weighted by molar-refractivity contribution is 1.50. The van der Waals surface area contributed by atoms with Crippen molar-refractivity contribution in [3.8, 4) is 44.5 Å².